The highest BCUT2D eigenvalue weighted by atomic mass is 16.2. The van der Waals surface area contributed by atoms with Gasteiger partial charge in [-0.15, -0.1) is 0 Å². The second-order valence-corrected chi connectivity index (χ2v) is 2.36. The van der Waals surface area contributed by atoms with Crippen LogP contribution in [0.2, 0.25) is 0 Å². The monoisotopic (exact) mass is 176 g/mol. The Morgan fingerprint density at radius 1 is 1.69 bits per heavy atom. The quantitative estimate of drug-likeness (QED) is 0.640. The summed E-state index contributed by atoms with van der Waals surface area (Å²) in [6.07, 6.45) is 7.05. The van der Waals surface area contributed by atoms with Gasteiger partial charge in [-0.2, -0.15) is 0 Å². The zero-order chi connectivity index (χ0) is 9.26. The molecule has 0 aliphatic rings. The molecule has 0 aromatic carbocycles. The average molecular weight is 176 g/mol. The third-order valence-corrected chi connectivity index (χ3v) is 1.56. The molecule has 1 radical (unpaired) electrons. The van der Waals surface area contributed by atoms with E-state index in [2.05, 4.69) is 21.3 Å². The number of hydrogen-bond acceptors (Lipinski definition) is 3. The first kappa shape index (κ1) is 7.53. The molecule has 2 aromatic rings. The molecule has 6 heteroatoms. The minimum absolute atomic E-state index is 0.407. The van der Waals surface area contributed by atoms with Crippen molar-refractivity contribution in [2.45, 2.75) is 0 Å². The third kappa shape index (κ3) is 1.18. The fourth-order valence-electron chi connectivity index (χ4n) is 1.01. The number of hydrogen-bond donors (Lipinski definition) is 2. The van der Waals surface area contributed by atoms with Crippen LogP contribution in [-0.4, -0.2) is 25.6 Å². The van der Waals surface area contributed by atoms with Crippen LogP contribution >= 0.6 is 0 Å². The van der Waals surface area contributed by atoms with Crippen molar-refractivity contribution >= 4 is 6.03 Å². The van der Waals surface area contributed by atoms with E-state index in [1.54, 1.807) is 6.20 Å². The van der Waals surface area contributed by atoms with Crippen molar-refractivity contribution in [3.63, 3.8) is 0 Å². The summed E-state index contributed by atoms with van der Waals surface area (Å²) in [5, 5.41) is 0. The molecule has 0 atom stereocenters. The van der Waals surface area contributed by atoms with Gasteiger partial charge in [0.1, 0.15) is 5.69 Å². The number of rotatable bonds is 1. The number of imidazole rings is 2. The van der Waals surface area contributed by atoms with E-state index in [9.17, 15) is 4.79 Å². The zero-order valence-electron chi connectivity index (χ0n) is 6.56. The summed E-state index contributed by atoms with van der Waals surface area (Å²) in [6, 6.07) is -0.588. The van der Waals surface area contributed by atoms with Gasteiger partial charge < -0.3 is 10.7 Å². The van der Waals surface area contributed by atoms with Gasteiger partial charge in [-0.1, -0.05) is 0 Å². The number of primary amides is 1. The largest absolute Gasteiger partial charge is 0.351 e. The Kier molecular flexibility index (Phi) is 1.59. The van der Waals surface area contributed by atoms with Crippen molar-refractivity contribution in [1.29, 1.82) is 0 Å². The highest BCUT2D eigenvalue weighted by Crippen LogP contribution is 2.11. The normalized spacial score (nSPS) is 10.2. The topological polar surface area (TPSA) is 89.6 Å². The second-order valence-electron chi connectivity index (χ2n) is 2.36. The maximum atomic E-state index is 10.9. The molecule has 0 bridgehead atoms. The highest BCUT2D eigenvalue weighted by Gasteiger charge is 2.10. The van der Waals surface area contributed by atoms with Crippen molar-refractivity contribution in [2.75, 3.05) is 0 Å². The maximum Gasteiger partial charge on any atom is 0.324 e. The Bertz CT molecular complexity index is 416. The van der Waals surface area contributed by atoms with Gasteiger partial charge in [0.05, 0.1) is 0 Å². The molecule has 0 aliphatic heterocycles. The first-order valence-corrected chi connectivity index (χ1v) is 3.54. The summed E-state index contributed by atoms with van der Waals surface area (Å²) >= 11 is 0. The summed E-state index contributed by atoms with van der Waals surface area (Å²) in [4.78, 5) is 21.3. The molecule has 0 saturated carbocycles. The number of nitrogens with one attached hydrogen (secondary N) is 1. The molecule has 13 heavy (non-hydrogen) atoms. The van der Waals surface area contributed by atoms with E-state index >= 15 is 0 Å². The Hall–Kier alpha value is -2.11. The SMILES string of the molecule is NC(=O)n1ccnc1-c1c[nH][c]n1. The summed E-state index contributed by atoms with van der Waals surface area (Å²) in [5.41, 5.74) is 5.63. The molecule has 0 unspecified atom stereocenters. The smallest absolute Gasteiger partial charge is 0.324 e. The highest BCUT2D eigenvalue weighted by molar-refractivity contribution is 5.79. The first-order chi connectivity index (χ1) is 6.29. The van der Waals surface area contributed by atoms with Gasteiger partial charge in [-0.05, 0) is 0 Å². The first-order valence-electron chi connectivity index (χ1n) is 3.54. The summed E-state index contributed by atoms with van der Waals surface area (Å²) in [5.74, 6) is 0.407. The summed E-state index contributed by atoms with van der Waals surface area (Å²) in [7, 11) is 0. The molecule has 2 heterocycles. The minimum atomic E-state index is -0.588. The number of amides is 1. The van der Waals surface area contributed by atoms with Crippen molar-refractivity contribution in [3.8, 4) is 11.5 Å². The van der Waals surface area contributed by atoms with Crippen molar-refractivity contribution in [1.82, 2.24) is 19.5 Å². The fourth-order valence-corrected chi connectivity index (χ4v) is 1.01. The van der Waals surface area contributed by atoms with E-state index in [1.807, 2.05) is 0 Å². The minimum Gasteiger partial charge on any atom is -0.351 e. The predicted octanol–water partition coefficient (Wildman–Crippen LogP) is 0.000190. The summed E-state index contributed by atoms with van der Waals surface area (Å²) < 4.78 is 1.21. The number of nitrogens with two attached hydrogens (primary N) is 1. The van der Waals surface area contributed by atoms with E-state index in [0.717, 1.165) is 0 Å². The van der Waals surface area contributed by atoms with Gasteiger partial charge in [0, 0.05) is 18.6 Å². The molecule has 2 aromatic heterocycles. The number of aromatic nitrogens is 4. The van der Waals surface area contributed by atoms with Crippen LogP contribution in [0.5, 0.6) is 0 Å². The molecule has 3 N–H and O–H groups in total. The van der Waals surface area contributed by atoms with Crippen LogP contribution in [-0.2, 0) is 0 Å². The van der Waals surface area contributed by atoms with E-state index in [-0.39, 0.29) is 0 Å². The van der Waals surface area contributed by atoms with Crippen LogP contribution in [0, 0.1) is 6.33 Å². The number of carbonyl (C=O) groups excluding carboxylic acids is 1. The fraction of sp³-hybridized carbons (Fsp3) is 0. The maximum absolute atomic E-state index is 10.9. The van der Waals surface area contributed by atoms with Gasteiger partial charge in [-0.3, -0.25) is 4.57 Å². The van der Waals surface area contributed by atoms with E-state index in [1.165, 1.54) is 17.0 Å². The average Bonchev–Trinajstić information content (AvgIpc) is 2.74. The second kappa shape index (κ2) is 2.74. The van der Waals surface area contributed by atoms with Crippen LogP contribution in [0.4, 0.5) is 4.79 Å². The number of carbonyl (C=O) groups is 1. The Balaban J connectivity index is 2.52. The Morgan fingerprint density at radius 3 is 3.15 bits per heavy atom. The van der Waals surface area contributed by atoms with Crippen LogP contribution < -0.4 is 5.73 Å². The molecule has 1 amide bonds. The zero-order valence-corrected chi connectivity index (χ0v) is 6.56. The molecule has 0 aliphatic carbocycles. The number of H-pyrrole nitrogens is 1. The van der Waals surface area contributed by atoms with Gasteiger partial charge in [0.15, 0.2) is 12.2 Å². The molecule has 0 fully saturated rings. The molecular weight excluding hydrogens is 170 g/mol. The van der Waals surface area contributed by atoms with Crippen molar-refractivity contribution in [2.24, 2.45) is 5.73 Å². The lowest BCUT2D eigenvalue weighted by Gasteiger charge is -1.98. The van der Waals surface area contributed by atoms with E-state index < -0.39 is 6.03 Å². The molecular formula is C7H6N5O. The van der Waals surface area contributed by atoms with Crippen LogP contribution in [0.25, 0.3) is 11.5 Å². The van der Waals surface area contributed by atoms with Gasteiger partial charge in [0.2, 0.25) is 0 Å². The predicted molar refractivity (Wildman–Crippen MR) is 43.6 cm³/mol. The lowest BCUT2D eigenvalue weighted by molar-refractivity contribution is 0.250. The lowest BCUT2D eigenvalue weighted by Crippen LogP contribution is -2.19. The number of nitrogens with zero attached hydrogens (tertiary/aromatic N) is 3. The van der Waals surface area contributed by atoms with Crippen molar-refractivity contribution < 1.29 is 4.79 Å². The van der Waals surface area contributed by atoms with Gasteiger partial charge in [-0.25, -0.2) is 14.8 Å². The third-order valence-electron chi connectivity index (χ3n) is 1.56. The van der Waals surface area contributed by atoms with E-state index in [4.69, 9.17) is 5.73 Å². The number of aromatic amines is 1. The van der Waals surface area contributed by atoms with E-state index in [0.29, 0.717) is 11.5 Å². The van der Waals surface area contributed by atoms with Crippen LogP contribution in [0.3, 0.4) is 0 Å². The lowest BCUT2D eigenvalue weighted by atomic mass is 10.4. The Labute approximate surface area is 73.4 Å². The van der Waals surface area contributed by atoms with Crippen LogP contribution in [0.15, 0.2) is 18.6 Å². The van der Waals surface area contributed by atoms with Crippen molar-refractivity contribution in [3.05, 3.63) is 24.9 Å². The molecule has 65 valence electrons. The van der Waals surface area contributed by atoms with Gasteiger partial charge >= 0.3 is 6.03 Å². The molecule has 0 saturated heterocycles. The Morgan fingerprint density at radius 2 is 2.54 bits per heavy atom. The standard InChI is InChI=1S/C7H6N5O/c8-7(13)12-2-1-10-6(12)5-3-9-4-11-5/h1-3H,(H2,8,13)(H,9,11). The summed E-state index contributed by atoms with van der Waals surface area (Å²) in [6.45, 7) is 0. The molecule has 0 spiro atoms. The molecule has 2 rings (SSSR count). The molecule has 6 nitrogen and oxygen atoms in total. The van der Waals surface area contributed by atoms with Gasteiger partial charge in [0.25, 0.3) is 0 Å². The van der Waals surface area contributed by atoms with Crippen LogP contribution in [0.1, 0.15) is 0 Å².